The second kappa shape index (κ2) is 5.92. The summed E-state index contributed by atoms with van der Waals surface area (Å²) < 4.78 is 22.2. The van der Waals surface area contributed by atoms with Crippen LogP contribution >= 0.6 is 10.7 Å². The van der Waals surface area contributed by atoms with Gasteiger partial charge in [-0.25, -0.2) is 8.42 Å². The quantitative estimate of drug-likeness (QED) is 0.851. The van der Waals surface area contributed by atoms with Crippen LogP contribution < -0.4 is 5.32 Å². The molecule has 0 radical (unpaired) electrons. The van der Waals surface area contributed by atoms with Gasteiger partial charge in [-0.15, -0.1) is 0 Å². The first-order valence-electron chi connectivity index (χ1n) is 6.03. The SMILES string of the molecule is CCCC(C)(C)NC(=O)c1ccc(S(=O)(=O)Cl)cc1. The summed E-state index contributed by atoms with van der Waals surface area (Å²) in [6.07, 6.45) is 1.84. The zero-order valence-corrected chi connectivity index (χ0v) is 12.8. The Morgan fingerprint density at radius 3 is 2.21 bits per heavy atom. The molecule has 0 aliphatic heterocycles. The minimum Gasteiger partial charge on any atom is -0.347 e. The normalized spacial score (nSPS) is 12.2. The highest BCUT2D eigenvalue weighted by molar-refractivity contribution is 8.13. The highest BCUT2D eigenvalue weighted by atomic mass is 35.7. The fourth-order valence-electron chi connectivity index (χ4n) is 1.84. The third-order valence-electron chi connectivity index (χ3n) is 2.72. The van der Waals surface area contributed by atoms with E-state index in [0.717, 1.165) is 12.8 Å². The Morgan fingerprint density at radius 1 is 1.26 bits per heavy atom. The van der Waals surface area contributed by atoms with E-state index in [0.29, 0.717) is 5.56 Å². The second-order valence-electron chi connectivity index (χ2n) is 5.05. The zero-order chi connectivity index (χ0) is 14.7. The van der Waals surface area contributed by atoms with Crippen LogP contribution in [0.5, 0.6) is 0 Å². The molecule has 1 aromatic carbocycles. The van der Waals surface area contributed by atoms with Gasteiger partial charge in [0.1, 0.15) is 0 Å². The van der Waals surface area contributed by atoms with Crippen LogP contribution in [0.2, 0.25) is 0 Å². The van der Waals surface area contributed by atoms with Crippen LogP contribution in [-0.4, -0.2) is 19.9 Å². The molecule has 1 amide bonds. The number of amides is 1. The van der Waals surface area contributed by atoms with E-state index in [4.69, 9.17) is 10.7 Å². The largest absolute Gasteiger partial charge is 0.347 e. The summed E-state index contributed by atoms with van der Waals surface area (Å²) in [6.45, 7) is 5.95. The maximum absolute atomic E-state index is 12.0. The number of hydrogen-bond donors (Lipinski definition) is 1. The Kier molecular flexibility index (Phi) is 4.98. The minimum atomic E-state index is -3.75. The number of benzene rings is 1. The van der Waals surface area contributed by atoms with E-state index < -0.39 is 9.05 Å². The summed E-state index contributed by atoms with van der Waals surface area (Å²) in [6, 6.07) is 5.55. The molecule has 19 heavy (non-hydrogen) atoms. The van der Waals surface area contributed by atoms with E-state index in [2.05, 4.69) is 5.32 Å². The third-order valence-corrected chi connectivity index (χ3v) is 4.09. The molecule has 4 nitrogen and oxygen atoms in total. The highest BCUT2D eigenvalue weighted by Crippen LogP contribution is 2.16. The van der Waals surface area contributed by atoms with Crippen molar-refractivity contribution in [2.45, 2.75) is 44.0 Å². The van der Waals surface area contributed by atoms with Gasteiger partial charge >= 0.3 is 0 Å². The van der Waals surface area contributed by atoms with E-state index >= 15 is 0 Å². The summed E-state index contributed by atoms with van der Waals surface area (Å²) >= 11 is 0. The maximum atomic E-state index is 12.0. The average molecular weight is 304 g/mol. The van der Waals surface area contributed by atoms with Crippen molar-refractivity contribution in [2.75, 3.05) is 0 Å². The van der Waals surface area contributed by atoms with Crippen molar-refractivity contribution in [3.8, 4) is 0 Å². The van der Waals surface area contributed by atoms with Crippen molar-refractivity contribution in [3.63, 3.8) is 0 Å². The van der Waals surface area contributed by atoms with Gasteiger partial charge in [-0.2, -0.15) is 0 Å². The van der Waals surface area contributed by atoms with Crippen molar-refractivity contribution >= 4 is 25.6 Å². The average Bonchev–Trinajstić information content (AvgIpc) is 2.27. The molecule has 0 fully saturated rings. The lowest BCUT2D eigenvalue weighted by atomic mass is 9.98. The molecule has 1 rings (SSSR count). The summed E-state index contributed by atoms with van der Waals surface area (Å²) in [4.78, 5) is 12.0. The van der Waals surface area contributed by atoms with Crippen LogP contribution in [0.15, 0.2) is 29.2 Å². The molecule has 0 aromatic heterocycles. The number of rotatable bonds is 5. The molecule has 1 N–H and O–H groups in total. The first-order chi connectivity index (χ1) is 8.65. The molecule has 0 unspecified atom stereocenters. The molecule has 0 saturated heterocycles. The van der Waals surface area contributed by atoms with Gasteiger partial charge in [0, 0.05) is 21.8 Å². The first kappa shape index (κ1) is 16.0. The standard InChI is InChI=1S/C13H18ClNO3S/c1-4-9-13(2,3)15-12(16)10-5-7-11(8-6-10)19(14,17)18/h5-8H,4,9H2,1-3H3,(H,15,16). The Bertz CT molecular complexity index is 550. The van der Waals surface area contributed by atoms with Crippen LogP contribution in [0.25, 0.3) is 0 Å². The van der Waals surface area contributed by atoms with Crippen molar-refractivity contribution < 1.29 is 13.2 Å². The lowest BCUT2D eigenvalue weighted by molar-refractivity contribution is 0.0909. The van der Waals surface area contributed by atoms with Gasteiger partial charge in [0.25, 0.3) is 15.0 Å². The van der Waals surface area contributed by atoms with Crippen molar-refractivity contribution in [1.29, 1.82) is 0 Å². The molecular weight excluding hydrogens is 286 g/mol. The number of halogens is 1. The van der Waals surface area contributed by atoms with E-state index in [1.165, 1.54) is 24.3 Å². The minimum absolute atomic E-state index is 0.0152. The molecule has 0 heterocycles. The molecular formula is C13H18ClNO3S. The van der Waals surface area contributed by atoms with Gasteiger partial charge in [-0.05, 0) is 44.5 Å². The predicted molar refractivity (Wildman–Crippen MR) is 75.9 cm³/mol. The van der Waals surface area contributed by atoms with Gasteiger partial charge in [-0.3, -0.25) is 4.79 Å². The highest BCUT2D eigenvalue weighted by Gasteiger charge is 2.20. The molecule has 0 spiro atoms. The third kappa shape index (κ3) is 4.84. The van der Waals surface area contributed by atoms with Crippen LogP contribution in [-0.2, 0) is 9.05 Å². The predicted octanol–water partition coefficient (Wildman–Crippen LogP) is 2.92. The van der Waals surface area contributed by atoms with E-state index in [-0.39, 0.29) is 16.3 Å². The van der Waals surface area contributed by atoms with E-state index in [1.54, 1.807) is 0 Å². The van der Waals surface area contributed by atoms with Crippen molar-refractivity contribution in [1.82, 2.24) is 5.32 Å². The lowest BCUT2D eigenvalue weighted by Crippen LogP contribution is -2.43. The lowest BCUT2D eigenvalue weighted by Gasteiger charge is -2.25. The molecule has 106 valence electrons. The molecule has 0 aliphatic rings. The summed E-state index contributed by atoms with van der Waals surface area (Å²) in [5, 5.41) is 2.91. The van der Waals surface area contributed by atoms with Gasteiger partial charge < -0.3 is 5.32 Å². The van der Waals surface area contributed by atoms with Crippen molar-refractivity contribution in [3.05, 3.63) is 29.8 Å². The topological polar surface area (TPSA) is 63.2 Å². The number of hydrogen-bond acceptors (Lipinski definition) is 3. The number of carbonyl (C=O) groups is 1. The zero-order valence-electron chi connectivity index (χ0n) is 11.2. The molecule has 1 aromatic rings. The number of carbonyl (C=O) groups excluding carboxylic acids is 1. The van der Waals surface area contributed by atoms with Crippen LogP contribution in [0.3, 0.4) is 0 Å². The van der Waals surface area contributed by atoms with Crippen LogP contribution in [0.1, 0.15) is 44.0 Å². The Morgan fingerprint density at radius 2 is 1.79 bits per heavy atom. The van der Waals surface area contributed by atoms with Crippen LogP contribution in [0.4, 0.5) is 0 Å². The van der Waals surface area contributed by atoms with E-state index in [9.17, 15) is 13.2 Å². The van der Waals surface area contributed by atoms with Crippen LogP contribution in [0, 0.1) is 0 Å². The monoisotopic (exact) mass is 303 g/mol. The Labute approximate surface area is 118 Å². The summed E-state index contributed by atoms with van der Waals surface area (Å²) in [7, 11) is 1.46. The molecule has 0 bridgehead atoms. The van der Waals surface area contributed by atoms with Crippen molar-refractivity contribution in [2.24, 2.45) is 0 Å². The fourth-order valence-corrected chi connectivity index (χ4v) is 2.61. The summed E-state index contributed by atoms with van der Waals surface area (Å²) in [5.74, 6) is -0.225. The second-order valence-corrected chi connectivity index (χ2v) is 7.62. The van der Waals surface area contributed by atoms with Gasteiger partial charge in [-0.1, -0.05) is 13.3 Å². The summed E-state index contributed by atoms with van der Waals surface area (Å²) in [5.41, 5.74) is 0.122. The Hall–Kier alpha value is -1.07. The van der Waals surface area contributed by atoms with E-state index in [1.807, 2.05) is 20.8 Å². The molecule has 0 saturated carbocycles. The van der Waals surface area contributed by atoms with Gasteiger partial charge in [0.15, 0.2) is 0 Å². The number of nitrogens with one attached hydrogen (secondary N) is 1. The molecule has 0 atom stereocenters. The fraction of sp³-hybridized carbons (Fsp3) is 0.462. The Balaban J connectivity index is 2.85. The first-order valence-corrected chi connectivity index (χ1v) is 8.34. The van der Waals surface area contributed by atoms with Gasteiger partial charge in [0.2, 0.25) is 0 Å². The smallest absolute Gasteiger partial charge is 0.261 e. The van der Waals surface area contributed by atoms with Gasteiger partial charge in [0.05, 0.1) is 4.90 Å². The maximum Gasteiger partial charge on any atom is 0.261 e. The molecule has 6 heteroatoms. The molecule has 0 aliphatic carbocycles.